The van der Waals surface area contributed by atoms with Gasteiger partial charge in [-0.3, -0.25) is 14.2 Å². The van der Waals surface area contributed by atoms with Gasteiger partial charge in [0, 0.05) is 18.3 Å². The Morgan fingerprint density at radius 1 is 1.18 bits per heavy atom. The molecule has 146 valence electrons. The number of nitrogens with zero attached hydrogens (tertiary/aromatic N) is 3. The predicted octanol–water partition coefficient (Wildman–Crippen LogP) is 4.26. The van der Waals surface area contributed by atoms with Crippen LogP contribution in [0.15, 0.2) is 58.5 Å². The van der Waals surface area contributed by atoms with E-state index < -0.39 is 0 Å². The van der Waals surface area contributed by atoms with Gasteiger partial charge in [0.15, 0.2) is 5.16 Å². The lowest BCUT2D eigenvalue weighted by Crippen LogP contribution is -2.32. The zero-order valence-electron chi connectivity index (χ0n) is 16.1. The number of anilines is 1. The van der Waals surface area contributed by atoms with Gasteiger partial charge in [0.1, 0.15) is 5.82 Å². The summed E-state index contributed by atoms with van der Waals surface area (Å²) in [4.78, 5) is 31.8. The second kappa shape index (κ2) is 8.56. The summed E-state index contributed by atoms with van der Waals surface area (Å²) in [6.45, 7) is 6.17. The summed E-state index contributed by atoms with van der Waals surface area (Å²) in [5, 5.41) is 1.08. The largest absolute Gasteiger partial charge is 0.312 e. The molecule has 0 fully saturated rings. The fourth-order valence-electron chi connectivity index (χ4n) is 3.01. The Bertz CT molecular complexity index is 1050. The van der Waals surface area contributed by atoms with Gasteiger partial charge < -0.3 is 4.90 Å². The third-order valence-corrected chi connectivity index (χ3v) is 5.31. The van der Waals surface area contributed by atoms with Crippen LogP contribution in [0.25, 0.3) is 10.9 Å². The highest BCUT2D eigenvalue weighted by atomic mass is 32.2. The summed E-state index contributed by atoms with van der Waals surface area (Å²) in [7, 11) is 0. The fourth-order valence-corrected chi connectivity index (χ4v) is 4.02. The van der Waals surface area contributed by atoms with Crippen molar-refractivity contribution in [3.05, 3.63) is 64.7 Å². The standard InChI is InChI=1S/C21H22FN3O2S/c1-4-24(16-11-9-15(22)10-12-16)19(26)13-28-21-23-18-8-6-5-7-17(18)20(27)25(21)14(2)3/h5-12,14H,4,13H2,1-3H3. The van der Waals surface area contributed by atoms with Crippen LogP contribution < -0.4 is 10.5 Å². The molecule has 0 aliphatic rings. The van der Waals surface area contributed by atoms with E-state index in [0.29, 0.717) is 28.3 Å². The molecular weight excluding hydrogens is 377 g/mol. The molecule has 3 rings (SSSR count). The number of hydrogen-bond donors (Lipinski definition) is 0. The number of hydrogen-bond acceptors (Lipinski definition) is 4. The first kappa shape index (κ1) is 20.1. The van der Waals surface area contributed by atoms with Gasteiger partial charge in [0.05, 0.1) is 16.7 Å². The van der Waals surface area contributed by atoms with E-state index in [0.717, 1.165) is 0 Å². The summed E-state index contributed by atoms with van der Waals surface area (Å²) in [5.41, 5.74) is 1.15. The third kappa shape index (κ3) is 4.09. The lowest BCUT2D eigenvalue weighted by molar-refractivity contribution is -0.116. The molecule has 7 heteroatoms. The number of thioether (sulfide) groups is 1. The quantitative estimate of drug-likeness (QED) is 0.459. The molecule has 3 aromatic rings. The van der Waals surface area contributed by atoms with Crippen LogP contribution in [0.3, 0.4) is 0 Å². The minimum atomic E-state index is -0.344. The number of carbonyl (C=O) groups excluding carboxylic acids is 1. The topological polar surface area (TPSA) is 55.2 Å². The van der Waals surface area contributed by atoms with Crippen LogP contribution in [0.4, 0.5) is 10.1 Å². The Labute approximate surface area is 167 Å². The first-order valence-corrected chi connectivity index (χ1v) is 10.1. The SMILES string of the molecule is CCN(C(=O)CSc1nc2ccccc2c(=O)n1C(C)C)c1ccc(F)cc1. The van der Waals surface area contributed by atoms with Crippen molar-refractivity contribution in [2.75, 3.05) is 17.2 Å². The van der Waals surface area contributed by atoms with Gasteiger partial charge in [-0.2, -0.15) is 0 Å². The minimum absolute atomic E-state index is 0.0819. The van der Waals surface area contributed by atoms with Gasteiger partial charge in [-0.1, -0.05) is 23.9 Å². The van der Waals surface area contributed by atoms with E-state index in [9.17, 15) is 14.0 Å². The Balaban J connectivity index is 1.88. The number of fused-ring (bicyclic) bond motifs is 1. The van der Waals surface area contributed by atoms with Crippen LogP contribution >= 0.6 is 11.8 Å². The molecule has 0 N–H and O–H groups in total. The lowest BCUT2D eigenvalue weighted by atomic mass is 10.2. The molecule has 0 spiro atoms. The highest BCUT2D eigenvalue weighted by molar-refractivity contribution is 7.99. The van der Waals surface area contributed by atoms with Gasteiger partial charge in [-0.05, 0) is 57.2 Å². The van der Waals surface area contributed by atoms with E-state index in [-0.39, 0.29) is 29.1 Å². The molecule has 1 aromatic heterocycles. The Morgan fingerprint density at radius 2 is 1.86 bits per heavy atom. The monoisotopic (exact) mass is 399 g/mol. The molecule has 2 aromatic carbocycles. The summed E-state index contributed by atoms with van der Waals surface area (Å²) in [6, 6.07) is 13.0. The summed E-state index contributed by atoms with van der Waals surface area (Å²) >= 11 is 1.24. The van der Waals surface area contributed by atoms with Crippen molar-refractivity contribution in [2.24, 2.45) is 0 Å². The first-order valence-electron chi connectivity index (χ1n) is 9.12. The van der Waals surface area contributed by atoms with Gasteiger partial charge in [-0.25, -0.2) is 9.37 Å². The van der Waals surface area contributed by atoms with Crippen LogP contribution in [0.1, 0.15) is 26.8 Å². The molecule has 0 aliphatic carbocycles. The van der Waals surface area contributed by atoms with Gasteiger partial charge in [-0.15, -0.1) is 0 Å². The number of amides is 1. The van der Waals surface area contributed by atoms with Gasteiger partial charge >= 0.3 is 0 Å². The van der Waals surface area contributed by atoms with E-state index in [2.05, 4.69) is 4.98 Å². The molecular formula is C21H22FN3O2S. The van der Waals surface area contributed by atoms with Gasteiger partial charge in [0.25, 0.3) is 5.56 Å². The molecule has 1 heterocycles. The maximum Gasteiger partial charge on any atom is 0.262 e. The molecule has 28 heavy (non-hydrogen) atoms. The molecule has 0 radical (unpaired) electrons. The maximum atomic E-state index is 13.2. The molecule has 0 unspecified atom stereocenters. The Hall–Kier alpha value is -2.67. The molecule has 0 saturated carbocycles. The minimum Gasteiger partial charge on any atom is -0.312 e. The smallest absolute Gasteiger partial charge is 0.262 e. The average Bonchev–Trinajstić information content (AvgIpc) is 2.68. The maximum absolute atomic E-state index is 13.2. The molecule has 5 nitrogen and oxygen atoms in total. The van der Waals surface area contributed by atoms with Crippen LogP contribution in [0, 0.1) is 5.82 Å². The number of carbonyl (C=O) groups is 1. The van der Waals surface area contributed by atoms with Crippen molar-refractivity contribution in [1.82, 2.24) is 9.55 Å². The van der Waals surface area contributed by atoms with E-state index in [1.165, 1.54) is 23.9 Å². The lowest BCUT2D eigenvalue weighted by Gasteiger charge is -2.21. The molecule has 0 bridgehead atoms. The molecule has 1 amide bonds. The Morgan fingerprint density at radius 3 is 2.50 bits per heavy atom. The summed E-state index contributed by atoms with van der Waals surface area (Å²) < 4.78 is 14.8. The van der Waals surface area contributed by atoms with E-state index >= 15 is 0 Å². The fraction of sp³-hybridized carbons (Fsp3) is 0.286. The number of aromatic nitrogens is 2. The normalized spacial score (nSPS) is 11.2. The third-order valence-electron chi connectivity index (χ3n) is 4.37. The van der Waals surface area contributed by atoms with Crippen LogP contribution in [0.5, 0.6) is 0 Å². The van der Waals surface area contributed by atoms with E-state index in [4.69, 9.17) is 0 Å². The molecule has 0 atom stereocenters. The van der Waals surface area contributed by atoms with Crippen molar-refractivity contribution in [2.45, 2.75) is 32.0 Å². The average molecular weight is 399 g/mol. The zero-order chi connectivity index (χ0) is 20.3. The predicted molar refractivity (Wildman–Crippen MR) is 112 cm³/mol. The number of halogens is 1. The number of para-hydroxylation sites is 1. The van der Waals surface area contributed by atoms with Gasteiger partial charge in [0.2, 0.25) is 5.91 Å². The Kier molecular flexibility index (Phi) is 6.14. The summed E-state index contributed by atoms with van der Waals surface area (Å²) in [6.07, 6.45) is 0. The highest BCUT2D eigenvalue weighted by Gasteiger charge is 2.18. The van der Waals surface area contributed by atoms with Crippen LogP contribution in [-0.2, 0) is 4.79 Å². The second-order valence-electron chi connectivity index (χ2n) is 6.58. The van der Waals surface area contributed by atoms with Crippen LogP contribution in [-0.4, -0.2) is 27.8 Å². The van der Waals surface area contributed by atoms with E-state index in [1.54, 1.807) is 33.7 Å². The van der Waals surface area contributed by atoms with Crippen molar-refractivity contribution in [1.29, 1.82) is 0 Å². The van der Waals surface area contributed by atoms with Crippen molar-refractivity contribution >= 4 is 34.3 Å². The molecule has 0 aliphatic heterocycles. The number of benzene rings is 2. The number of rotatable bonds is 6. The second-order valence-corrected chi connectivity index (χ2v) is 7.53. The highest BCUT2D eigenvalue weighted by Crippen LogP contribution is 2.23. The van der Waals surface area contributed by atoms with Crippen LogP contribution in [0.2, 0.25) is 0 Å². The zero-order valence-corrected chi connectivity index (χ0v) is 16.9. The van der Waals surface area contributed by atoms with Crippen molar-refractivity contribution < 1.29 is 9.18 Å². The van der Waals surface area contributed by atoms with Crippen molar-refractivity contribution in [3.63, 3.8) is 0 Å². The van der Waals surface area contributed by atoms with E-state index in [1.807, 2.05) is 32.9 Å². The van der Waals surface area contributed by atoms with Crippen molar-refractivity contribution in [3.8, 4) is 0 Å². The molecule has 0 saturated heterocycles. The first-order chi connectivity index (χ1) is 13.4. The summed E-state index contributed by atoms with van der Waals surface area (Å²) in [5.74, 6) is -0.345.